The molecule has 2 aromatic heterocycles. The second-order valence-electron chi connectivity index (χ2n) is 4.71. The number of aromatic nitrogens is 3. The van der Waals surface area contributed by atoms with E-state index < -0.39 is 28.6 Å². The predicted octanol–water partition coefficient (Wildman–Crippen LogP) is 1.98. The molecule has 1 amide bonds. The van der Waals surface area contributed by atoms with Crippen molar-refractivity contribution in [2.24, 2.45) is 0 Å². The first-order chi connectivity index (χ1) is 10.7. The number of alkyl halides is 3. The van der Waals surface area contributed by atoms with Crippen molar-refractivity contribution in [3.05, 3.63) is 35.8 Å². The SMILES string of the molecule is Cc1cc(C(F)(F)F)nn1CC(=O)Nc1ccc(S(C)=O)cn1. The Morgan fingerprint density at radius 1 is 1.39 bits per heavy atom. The van der Waals surface area contributed by atoms with Crippen LogP contribution in [0.5, 0.6) is 0 Å². The van der Waals surface area contributed by atoms with E-state index in [0.717, 1.165) is 10.7 Å². The average molecular weight is 346 g/mol. The molecule has 124 valence electrons. The van der Waals surface area contributed by atoms with Crippen LogP contribution in [0.2, 0.25) is 0 Å². The van der Waals surface area contributed by atoms with Gasteiger partial charge < -0.3 is 5.32 Å². The van der Waals surface area contributed by atoms with Crippen LogP contribution >= 0.6 is 0 Å². The molecule has 0 radical (unpaired) electrons. The molecule has 0 fully saturated rings. The summed E-state index contributed by atoms with van der Waals surface area (Å²) in [4.78, 5) is 16.3. The smallest absolute Gasteiger partial charge is 0.309 e. The number of carbonyl (C=O) groups excluding carboxylic acids is 1. The van der Waals surface area contributed by atoms with Gasteiger partial charge in [0.05, 0.1) is 15.7 Å². The van der Waals surface area contributed by atoms with Crippen LogP contribution in [0.1, 0.15) is 11.4 Å². The lowest BCUT2D eigenvalue weighted by molar-refractivity contribution is -0.141. The van der Waals surface area contributed by atoms with Gasteiger partial charge >= 0.3 is 6.18 Å². The number of aryl methyl sites for hydroxylation is 1. The van der Waals surface area contributed by atoms with Crippen LogP contribution in [-0.2, 0) is 28.3 Å². The number of anilines is 1. The molecule has 2 heterocycles. The van der Waals surface area contributed by atoms with Crippen molar-refractivity contribution in [3.8, 4) is 0 Å². The molecule has 0 aliphatic carbocycles. The molecular formula is C13H13F3N4O2S. The van der Waals surface area contributed by atoms with Gasteiger partial charge in [-0.05, 0) is 25.1 Å². The van der Waals surface area contributed by atoms with Crippen molar-refractivity contribution >= 4 is 22.5 Å². The highest BCUT2D eigenvalue weighted by atomic mass is 32.2. The zero-order chi connectivity index (χ0) is 17.2. The van der Waals surface area contributed by atoms with Gasteiger partial charge in [-0.1, -0.05) is 0 Å². The van der Waals surface area contributed by atoms with E-state index in [9.17, 15) is 22.2 Å². The molecule has 1 atom stereocenters. The minimum Gasteiger partial charge on any atom is -0.309 e. The monoisotopic (exact) mass is 346 g/mol. The second kappa shape index (κ2) is 6.49. The molecule has 10 heteroatoms. The van der Waals surface area contributed by atoms with Crippen LogP contribution < -0.4 is 5.32 Å². The highest BCUT2D eigenvalue weighted by molar-refractivity contribution is 7.84. The quantitative estimate of drug-likeness (QED) is 0.918. The fraction of sp³-hybridized carbons (Fsp3) is 0.308. The summed E-state index contributed by atoms with van der Waals surface area (Å²) >= 11 is 0. The molecule has 1 unspecified atom stereocenters. The van der Waals surface area contributed by atoms with Crippen LogP contribution in [-0.4, -0.2) is 31.1 Å². The van der Waals surface area contributed by atoms with Crippen molar-refractivity contribution in [2.45, 2.75) is 24.5 Å². The Labute approximate surface area is 132 Å². The Kier molecular flexibility index (Phi) is 4.83. The van der Waals surface area contributed by atoms with E-state index >= 15 is 0 Å². The number of amides is 1. The van der Waals surface area contributed by atoms with Crippen LogP contribution in [0.4, 0.5) is 19.0 Å². The van der Waals surface area contributed by atoms with E-state index in [0.29, 0.717) is 4.90 Å². The van der Waals surface area contributed by atoms with Gasteiger partial charge in [-0.25, -0.2) is 4.98 Å². The van der Waals surface area contributed by atoms with Gasteiger partial charge in [0.25, 0.3) is 0 Å². The minimum absolute atomic E-state index is 0.213. The normalized spacial score (nSPS) is 12.9. The number of hydrogen-bond acceptors (Lipinski definition) is 4. The maximum absolute atomic E-state index is 12.6. The third-order valence-electron chi connectivity index (χ3n) is 2.90. The number of halogens is 3. The number of carbonyl (C=O) groups is 1. The molecule has 0 spiro atoms. The Morgan fingerprint density at radius 3 is 2.57 bits per heavy atom. The van der Waals surface area contributed by atoms with Crippen LogP contribution in [0, 0.1) is 6.92 Å². The van der Waals surface area contributed by atoms with Crippen LogP contribution in [0.3, 0.4) is 0 Å². The molecule has 2 aromatic rings. The molecule has 6 nitrogen and oxygen atoms in total. The van der Waals surface area contributed by atoms with E-state index in [-0.39, 0.29) is 18.1 Å². The van der Waals surface area contributed by atoms with Gasteiger partial charge in [0.2, 0.25) is 5.91 Å². The lowest BCUT2D eigenvalue weighted by atomic mass is 10.3. The van der Waals surface area contributed by atoms with Gasteiger partial charge in [0, 0.05) is 18.1 Å². The largest absolute Gasteiger partial charge is 0.435 e. The molecule has 0 aromatic carbocycles. The Bertz CT molecular complexity index is 741. The topological polar surface area (TPSA) is 76.9 Å². The number of hydrogen-bond donors (Lipinski definition) is 1. The van der Waals surface area contributed by atoms with E-state index in [2.05, 4.69) is 15.4 Å². The van der Waals surface area contributed by atoms with Gasteiger partial charge in [-0.2, -0.15) is 18.3 Å². The molecule has 0 aliphatic rings. The Morgan fingerprint density at radius 2 is 2.09 bits per heavy atom. The maximum Gasteiger partial charge on any atom is 0.435 e. The number of rotatable bonds is 4. The van der Waals surface area contributed by atoms with Crippen molar-refractivity contribution in [1.29, 1.82) is 0 Å². The van der Waals surface area contributed by atoms with Crippen molar-refractivity contribution in [1.82, 2.24) is 14.8 Å². The first kappa shape index (κ1) is 17.1. The van der Waals surface area contributed by atoms with E-state index in [1.54, 1.807) is 6.07 Å². The fourth-order valence-electron chi connectivity index (χ4n) is 1.75. The van der Waals surface area contributed by atoms with Crippen molar-refractivity contribution in [3.63, 3.8) is 0 Å². The highest BCUT2D eigenvalue weighted by Gasteiger charge is 2.34. The summed E-state index contributed by atoms with van der Waals surface area (Å²) in [5.74, 6) is -0.354. The summed E-state index contributed by atoms with van der Waals surface area (Å²) in [5, 5.41) is 5.81. The summed E-state index contributed by atoms with van der Waals surface area (Å²) in [6.07, 6.45) is -1.71. The van der Waals surface area contributed by atoms with Crippen molar-refractivity contribution < 1.29 is 22.2 Å². The molecule has 2 rings (SSSR count). The Hall–Kier alpha value is -2.23. The van der Waals surface area contributed by atoms with Gasteiger partial charge in [0.1, 0.15) is 12.4 Å². The third-order valence-corrected chi connectivity index (χ3v) is 3.81. The average Bonchev–Trinajstić information content (AvgIpc) is 2.80. The van der Waals surface area contributed by atoms with Crippen LogP contribution in [0.25, 0.3) is 0 Å². The van der Waals surface area contributed by atoms with Gasteiger partial charge in [-0.15, -0.1) is 0 Å². The van der Waals surface area contributed by atoms with E-state index in [4.69, 9.17) is 0 Å². The first-order valence-electron chi connectivity index (χ1n) is 6.38. The molecule has 0 saturated carbocycles. The summed E-state index contributed by atoms with van der Waals surface area (Å²) < 4.78 is 49.9. The summed E-state index contributed by atoms with van der Waals surface area (Å²) in [5.41, 5.74) is -0.826. The van der Waals surface area contributed by atoms with E-state index in [1.807, 2.05) is 0 Å². The molecule has 0 aliphatic heterocycles. The highest BCUT2D eigenvalue weighted by Crippen LogP contribution is 2.28. The lowest BCUT2D eigenvalue weighted by Crippen LogP contribution is -2.21. The number of nitrogens with zero attached hydrogens (tertiary/aromatic N) is 3. The number of nitrogens with one attached hydrogen (secondary N) is 1. The predicted molar refractivity (Wildman–Crippen MR) is 77.2 cm³/mol. The summed E-state index contributed by atoms with van der Waals surface area (Å²) in [6, 6.07) is 3.88. The minimum atomic E-state index is -4.56. The molecule has 0 bridgehead atoms. The molecule has 1 N–H and O–H groups in total. The zero-order valence-electron chi connectivity index (χ0n) is 12.2. The Balaban J connectivity index is 2.05. The molecular weight excluding hydrogens is 333 g/mol. The summed E-state index contributed by atoms with van der Waals surface area (Å²) in [6.45, 7) is 1.06. The standard InChI is InChI=1S/C13H13F3N4O2S/c1-8-5-10(13(14,15)16)19-20(8)7-12(21)18-11-4-3-9(6-17-11)23(2)22/h3-6H,7H2,1-2H3,(H,17,18,21). The second-order valence-corrected chi connectivity index (χ2v) is 6.09. The fourth-order valence-corrected chi connectivity index (χ4v) is 2.21. The number of pyridine rings is 1. The molecule has 0 saturated heterocycles. The van der Waals surface area contributed by atoms with Crippen LogP contribution in [0.15, 0.2) is 29.3 Å². The van der Waals surface area contributed by atoms with Crippen molar-refractivity contribution in [2.75, 3.05) is 11.6 Å². The molecule has 23 heavy (non-hydrogen) atoms. The zero-order valence-corrected chi connectivity index (χ0v) is 13.0. The van der Waals surface area contributed by atoms with Gasteiger partial charge in [0.15, 0.2) is 5.69 Å². The summed E-state index contributed by atoms with van der Waals surface area (Å²) in [7, 11) is -1.19. The third kappa shape index (κ3) is 4.38. The maximum atomic E-state index is 12.6. The lowest BCUT2D eigenvalue weighted by Gasteiger charge is -2.06. The van der Waals surface area contributed by atoms with E-state index in [1.165, 1.54) is 25.4 Å². The first-order valence-corrected chi connectivity index (χ1v) is 7.93. The van der Waals surface area contributed by atoms with Gasteiger partial charge in [-0.3, -0.25) is 13.7 Å².